The van der Waals surface area contributed by atoms with Crippen molar-refractivity contribution in [2.75, 3.05) is 29.9 Å². The Morgan fingerprint density at radius 2 is 2.10 bits per heavy atom. The minimum atomic E-state index is 0.0868. The second-order valence-electron chi connectivity index (χ2n) is 9.55. The molecule has 2 unspecified atom stereocenters. The SMILES string of the molecule is CC(C)C1CN(c2ccc(NC(=O)CC3c4ccccc4CC34CC4)cn2)CCO1. The normalized spacial score (nSPS) is 24.2. The number of hydrogen-bond acceptors (Lipinski definition) is 4. The first-order chi connectivity index (χ1) is 14.5. The molecule has 1 aromatic heterocycles. The van der Waals surface area contributed by atoms with E-state index in [0.717, 1.165) is 37.6 Å². The van der Waals surface area contributed by atoms with E-state index in [1.165, 1.54) is 24.0 Å². The molecule has 2 aromatic rings. The van der Waals surface area contributed by atoms with Gasteiger partial charge in [0.25, 0.3) is 0 Å². The van der Waals surface area contributed by atoms with Gasteiger partial charge in [0.2, 0.25) is 5.91 Å². The van der Waals surface area contributed by atoms with Crippen molar-refractivity contribution in [1.82, 2.24) is 4.98 Å². The van der Waals surface area contributed by atoms with Crippen molar-refractivity contribution in [3.63, 3.8) is 0 Å². The van der Waals surface area contributed by atoms with E-state index in [2.05, 4.69) is 53.3 Å². The van der Waals surface area contributed by atoms with E-state index in [1.807, 2.05) is 12.1 Å². The monoisotopic (exact) mass is 405 g/mol. The number of amides is 1. The Balaban J connectivity index is 1.22. The molecule has 5 rings (SSSR count). The zero-order chi connectivity index (χ0) is 20.7. The second kappa shape index (κ2) is 7.69. The molecular weight excluding hydrogens is 374 g/mol. The lowest BCUT2D eigenvalue weighted by Crippen LogP contribution is -2.45. The van der Waals surface area contributed by atoms with Crippen LogP contribution in [0.1, 0.15) is 50.2 Å². The lowest BCUT2D eigenvalue weighted by Gasteiger charge is -2.35. The Labute approximate surface area is 178 Å². The predicted molar refractivity (Wildman–Crippen MR) is 119 cm³/mol. The zero-order valence-corrected chi connectivity index (χ0v) is 17.9. The van der Waals surface area contributed by atoms with Gasteiger partial charge in [-0.25, -0.2) is 4.98 Å². The van der Waals surface area contributed by atoms with Gasteiger partial charge in [0.05, 0.1) is 24.6 Å². The molecule has 0 bridgehead atoms. The number of hydrogen-bond donors (Lipinski definition) is 1. The number of ether oxygens (including phenoxy) is 1. The number of nitrogens with zero attached hydrogens (tertiary/aromatic N) is 2. The summed E-state index contributed by atoms with van der Waals surface area (Å²) in [7, 11) is 0. The summed E-state index contributed by atoms with van der Waals surface area (Å²) in [6, 6.07) is 12.6. The smallest absolute Gasteiger partial charge is 0.225 e. The van der Waals surface area contributed by atoms with Gasteiger partial charge in [0.1, 0.15) is 5.82 Å². The summed E-state index contributed by atoms with van der Waals surface area (Å²) in [6.07, 6.45) is 6.19. The molecule has 1 aliphatic heterocycles. The Kier molecular flexibility index (Phi) is 5.02. The number of benzene rings is 1. The summed E-state index contributed by atoms with van der Waals surface area (Å²) in [5.74, 6) is 1.87. The van der Waals surface area contributed by atoms with E-state index in [-0.39, 0.29) is 12.0 Å². The van der Waals surface area contributed by atoms with Crippen LogP contribution in [-0.4, -0.2) is 36.7 Å². The van der Waals surface area contributed by atoms with Crippen LogP contribution in [0.4, 0.5) is 11.5 Å². The topological polar surface area (TPSA) is 54.5 Å². The van der Waals surface area contributed by atoms with Gasteiger partial charge in [-0.15, -0.1) is 0 Å². The third-order valence-corrected chi connectivity index (χ3v) is 7.19. The molecule has 2 aliphatic carbocycles. The lowest BCUT2D eigenvalue weighted by atomic mass is 9.86. The fourth-order valence-corrected chi connectivity index (χ4v) is 5.21. The number of rotatable bonds is 5. The first-order valence-corrected chi connectivity index (χ1v) is 11.2. The molecule has 5 nitrogen and oxygen atoms in total. The van der Waals surface area contributed by atoms with Crippen molar-refractivity contribution < 1.29 is 9.53 Å². The summed E-state index contributed by atoms with van der Waals surface area (Å²) >= 11 is 0. The van der Waals surface area contributed by atoms with Crippen LogP contribution in [0.3, 0.4) is 0 Å². The highest BCUT2D eigenvalue weighted by Crippen LogP contribution is 2.64. The van der Waals surface area contributed by atoms with E-state index in [1.54, 1.807) is 6.20 Å². The molecule has 5 heteroatoms. The van der Waals surface area contributed by atoms with Gasteiger partial charge < -0.3 is 15.0 Å². The average Bonchev–Trinajstić information content (AvgIpc) is 3.46. The van der Waals surface area contributed by atoms with E-state index < -0.39 is 0 Å². The van der Waals surface area contributed by atoms with Crippen LogP contribution < -0.4 is 10.2 Å². The summed E-state index contributed by atoms with van der Waals surface area (Å²) < 4.78 is 5.85. The first-order valence-electron chi connectivity index (χ1n) is 11.2. The first kappa shape index (κ1) is 19.6. The molecule has 1 amide bonds. The standard InChI is InChI=1S/C25H31N3O2/c1-17(2)22-16-28(11-12-30-22)23-8-7-19(15-26-23)27-24(29)13-21-20-6-4-3-5-18(20)14-25(21)9-10-25/h3-8,15,17,21-22H,9-14,16H2,1-2H3,(H,27,29). The number of fused-ring (bicyclic) bond motifs is 1. The van der Waals surface area contributed by atoms with Crippen molar-refractivity contribution >= 4 is 17.4 Å². The molecule has 2 heterocycles. The van der Waals surface area contributed by atoms with Crippen molar-refractivity contribution in [2.24, 2.45) is 11.3 Å². The van der Waals surface area contributed by atoms with Gasteiger partial charge in [-0.2, -0.15) is 0 Å². The number of carbonyl (C=O) groups excluding carboxylic acids is 1. The van der Waals surface area contributed by atoms with Crippen LogP contribution >= 0.6 is 0 Å². The maximum atomic E-state index is 12.8. The minimum absolute atomic E-state index is 0.0868. The number of carbonyl (C=O) groups is 1. The zero-order valence-electron chi connectivity index (χ0n) is 17.9. The summed E-state index contributed by atoms with van der Waals surface area (Å²) in [5, 5.41) is 3.08. The minimum Gasteiger partial charge on any atom is -0.374 e. The van der Waals surface area contributed by atoms with Gasteiger partial charge in [0.15, 0.2) is 0 Å². The molecule has 1 saturated carbocycles. The summed E-state index contributed by atoms with van der Waals surface area (Å²) in [6.45, 7) is 6.82. The van der Waals surface area contributed by atoms with Crippen LogP contribution in [0.15, 0.2) is 42.6 Å². The Morgan fingerprint density at radius 1 is 1.27 bits per heavy atom. The van der Waals surface area contributed by atoms with Crippen molar-refractivity contribution in [3.8, 4) is 0 Å². The van der Waals surface area contributed by atoms with E-state index in [9.17, 15) is 4.79 Å². The molecule has 2 fully saturated rings. The Bertz CT molecular complexity index is 920. The average molecular weight is 406 g/mol. The molecule has 1 aromatic carbocycles. The molecule has 1 saturated heterocycles. The van der Waals surface area contributed by atoms with Crippen LogP contribution in [0.2, 0.25) is 0 Å². The second-order valence-corrected chi connectivity index (χ2v) is 9.55. The number of nitrogens with one attached hydrogen (secondary N) is 1. The van der Waals surface area contributed by atoms with E-state index in [4.69, 9.17) is 4.74 Å². The van der Waals surface area contributed by atoms with Crippen LogP contribution in [0, 0.1) is 11.3 Å². The highest BCUT2D eigenvalue weighted by molar-refractivity contribution is 5.91. The van der Waals surface area contributed by atoms with Gasteiger partial charge in [-0.05, 0) is 59.8 Å². The fourth-order valence-electron chi connectivity index (χ4n) is 5.21. The maximum absolute atomic E-state index is 12.8. The van der Waals surface area contributed by atoms with Crippen LogP contribution in [-0.2, 0) is 16.0 Å². The van der Waals surface area contributed by atoms with Gasteiger partial charge >= 0.3 is 0 Å². The lowest BCUT2D eigenvalue weighted by molar-refractivity contribution is -0.116. The van der Waals surface area contributed by atoms with Gasteiger partial charge in [0, 0.05) is 19.5 Å². The number of pyridine rings is 1. The summed E-state index contributed by atoms with van der Waals surface area (Å²) in [5.41, 5.74) is 3.93. The molecule has 2 atom stereocenters. The molecule has 1 spiro atoms. The van der Waals surface area contributed by atoms with Gasteiger partial charge in [-0.3, -0.25) is 4.79 Å². The van der Waals surface area contributed by atoms with Gasteiger partial charge in [-0.1, -0.05) is 38.1 Å². The highest BCUT2D eigenvalue weighted by Gasteiger charge is 2.54. The van der Waals surface area contributed by atoms with Crippen LogP contribution in [0.25, 0.3) is 0 Å². The van der Waals surface area contributed by atoms with E-state index >= 15 is 0 Å². The highest BCUT2D eigenvalue weighted by atomic mass is 16.5. The van der Waals surface area contributed by atoms with Crippen molar-refractivity contribution in [1.29, 1.82) is 0 Å². The number of anilines is 2. The largest absolute Gasteiger partial charge is 0.374 e. The maximum Gasteiger partial charge on any atom is 0.225 e. The number of aromatic nitrogens is 1. The predicted octanol–water partition coefficient (Wildman–Crippen LogP) is 4.39. The quantitative estimate of drug-likeness (QED) is 0.802. The molecule has 30 heavy (non-hydrogen) atoms. The number of morpholine rings is 1. The fraction of sp³-hybridized carbons (Fsp3) is 0.520. The molecule has 3 aliphatic rings. The summed E-state index contributed by atoms with van der Waals surface area (Å²) in [4.78, 5) is 19.7. The van der Waals surface area contributed by atoms with Crippen LogP contribution in [0.5, 0.6) is 0 Å². The van der Waals surface area contributed by atoms with Crippen molar-refractivity contribution in [3.05, 3.63) is 53.7 Å². The molecular formula is C25H31N3O2. The Morgan fingerprint density at radius 3 is 2.83 bits per heavy atom. The third kappa shape index (κ3) is 3.71. The molecule has 1 N–H and O–H groups in total. The molecule has 158 valence electrons. The Hall–Kier alpha value is -2.40. The third-order valence-electron chi connectivity index (χ3n) is 7.19. The van der Waals surface area contributed by atoms with Crippen molar-refractivity contribution in [2.45, 2.75) is 51.6 Å². The van der Waals surface area contributed by atoms with E-state index in [0.29, 0.717) is 23.7 Å². The molecule has 0 radical (unpaired) electrons.